The molecule has 1 aromatic heterocycles. The molecule has 0 spiro atoms. The third-order valence-electron chi connectivity index (χ3n) is 4.06. The van der Waals surface area contributed by atoms with Crippen LogP contribution in [0.5, 0.6) is 0 Å². The van der Waals surface area contributed by atoms with Crippen LogP contribution in [0.15, 0.2) is 83.0 Å². The maximum Gasteiger partial charge on any atom is 0.190 e. The molecular formula is C20H14O2. The molecule has 0 fully saturated rings. The summed E-state index contributed by atoms with van der Waals surface area (Å²) in [5.74, 6) is 0.757. The highest BCUT2D eigenvalue weighted by Crippen LogP contribution is 2.42. The Morgan fingerprint density at radius 3 is 2.41 bits per heavy atom. The molecule has 0 N–H and O–H groups in total. The minimum Gasteiger partial charge on any atom is -0.465 e. The van der Waals surface area contributed by atoms with Gasteiger partial charge in [0, 0.05) is 17.1 Å². The molecule has 0 saturated heterocycles. The van der Waals surface area contributed by atoms with Crippen LogP contribution in [0.3, 0.4) is 0 Å². The van der Waals surface area contributed by atoms with Crippen molar-refractivity contribution in [1.82, 2.24) is 0 Å². The maximum atomic E-state index is 12.8. The Labute approximate surface area is 128 Å². The third-order valence-corrected chi connectivity index (χ3v) is 4.06. The van der Waals surface area contributed by atoms with Crippen molar-refractivity contribution in [3.05, 3.63) is 101 Å². The van der Waals surface area contributed by atoms with E-state index in [-0.39, 0.29) is 11.7 Å². The summed E-state index contributed by atoms with van der Waals surface area (Å²) >= 11 is 0. The van der Waals surface area contributed by atoms with Gasteiger partial charge in [0.15, 0.2) is 5.78 Å². The second-order valence-corrected chi connectivity index (χ2v) is 5.38. The zero-order valence-corrected chi connectivity index (χ0v) is 11.9. The van der Waals surface area contributed by atoms with Gasteiger partial charge in [-0.1, -0.05) is 54.6 Å². The lowest BCUT2D eigenvalue weighted by molar-refractivity contribution is 0.103. The van der Waals surface area contributed by atoms with Gasteiger partial charge < -0.3 is 4.42 Å². The Bertz CT molecular complexity index is 842. The smallest absolute Gasteiger partial charge is 0.190 e. The summed E-state index contributed by atoms with van der Waals surface area (Å²) in [5.41, 5.74) is 3.74. The van der Waals surface area contributed by atoms with E-state index in [0.717, 1.165) is 22.3 Å². The summed E-state index contributed by atoms with van der Waals surface area (Å²) < 4.78 is 5.40. The molecule has 0 aliphatic heterocycles. The molecule has 1 atom stereocenters. The van der Waals surface area contributed by atoms with Crippen LogP contribution in [-0.4, -0.2) is 5.78 Å². The highest BCUT2D eigenvalue weighted by Gasteiger charge is 2.35. The van der Waals surface area contributed by atoms with E-state index in [1.165, 1.54) is 0 Å². The predicted molar refractivity (Wildman–Crippen MR) is 85.7 cm³/mol. The first-order valence-corrected chi connectivity index (χ1v) is 7.28. The monoisotopic (exact) mass is 286 g/mol. The first-order valence-electron chi connectivity index (χ1n) is 7.28. The van der Waals surface area contributed by atoms with E-state index in [2.05, 4.69) is 12.1 Å². The number of benzene rings is 2. The van der Waals surface area contributed by atoms with Gasteiger partial charge in [-0.3, -0.25) is 4.79 Å². The highest BCUT2D eigenvalue weighted by atomic mass is 16.3. The molecule has 1 aliphatic carbocycles. The molecule has 1 aliphatic rings. The van der Waals surface area contributed by atoms with Gasteiger partial charge in [0.1, 0.15) is 5.76 Å². The first-order chi connectivity index (χ1) is 10.8. The average molecular weight is 286 g/mol. The van der Waals surface area contributed by atoms with Crippen molar-refractivity contribution in [1.29, 1.82) is 0 Å². The van der Waals surface area contributed by atoms with Crippen molar-refractivity contribution in [3.8, 4) is 0 Å². The number of carbonyl (C=O) groups is 1. The van der Waals surface area contributed by atoms with Crippen LogP contribution in [0.1, 0.15) is 33.2 Å². The van der Waals surface area contributed by atoms with Gasteiger partial charge in [-0.15, -0.1) is 0 Å². The lowest BCUT2D eigenvalue weighted by Gasteiger charge is -2.13. The standard InChI is InChI=1S/C20H14O2/c21-20-17-11-5-4-10-16(17)19(14-7-2-1-3-8-14)18(20)13-15-9-6-12-22-15/h1-13,19H/t19-/m1/s1. The van der Waals surface area contributed by atoms with E-state index >= 15 is 0 Å². The zero-order valence-electron chi connectivity index (χ0n) is 11.9. The third kappa shape index (κ3) is 2.01. The number of fused-ring (bicyclic) bond motifs is 1. The summed E-state index contributed by atoms with van der Waals surface area (Å²) in [6, 6.07) is 21.7. The van der Waals surface area contributed by atoms with Crippen LogP contribution in [0.4, 0.5) is 0 Å². The molecule has 2 nitrogen and oxygen atoms in total. The van der Waals surface area contributed by atoms with Crippen molar-refractivity contribution in [2.45, 2.75) is 5.92 Å². The summed E-state index contributed by atoms with van der Waals surface area (Å²) in [5, 5.41) is 0. The molecule has 2 heteroatoms. The SMILES string of the molecule is O=C1C(=Cc2ccco2)[C@H](c2ccccc2)c2ccccc21. The number of Topliss-reactive ketones (excluding diaryl/α,β-unsaturated/α-hetero) is 1. The van der Waals surface area contributed by atoms with E-state index in [1.54, 1.807) is 6.26 Å². The van der Waals surface area contributed by atoms with E-state index < -0.39 is 0 Å². The van der Waals surface area contributed by atoms with Crippen molar-refractivity contribution in [2.75, 3.05) is 0 Å². The van der Waals surface area contributed by atoms with Crippen LogP contribution in [0, 0.1) is 0 Å². The lowest BCUT2D eigenvalue weighted by Crippen LogP contribution is -2.02. The minimum absolute atomic E-state index is 0.0324. The molecule has 106 valence electrons. The Kier molecular flexibility index (Phi) is 3.01. The van der Waals surface area contributed by atoms with Crippen LogP contribution < -0.4 is 0 Å². The molecular weight excluding hydrogens is 272 g/mol. The topological polar surface area (TPSA) is 30.2 Å². The number of hydrogen-bond acceptors (Lipinski definition) is 2. The Hall–Kier alpha value is -2.87. The fraction of sp³-hybridized carbons (Fsp3) is 0.0500. The lowest BCUT2D eigenvalue weighted by atomic mass is 9.89. The summed E-state index contributed by atoms with van der Waals surface area (Å²) in [7, 11) is 0. The largest absolute Gasteiger partial charge is 0.465 e. The Morgan fingerprint density at radius 1 is 0.864 bits per heavy atom. The zero-order chi connectivity index (χ0) is 14.9. The van der Waals surface area contributed by atoms with Gasteiger partial charge in [-0.25, -0.2) is 0 Å². The normalized spacial score (nSPS) is 18.6. The number of rotatable bonds is 2. The number of allylic oxidation sites excluding steroid dienone is 1. The molecule has 0 unspecified atom stereocenters. The molecule has 1 heterocycles. The van der Waals surface area contributed by atoms with Gasteiger partial charge in [0.25, 0.3) is 0 Å². The highest BCUT2D eigenvalue weighted by molar-refractivity contribution is 6.17. The van der Waals surface area contributed by atoms with Gasteiger partial charge in [-0.2, -0.15) is 0 Å². The number of hydrogen-bond donors (Lipinski definition) is 0. The average Bonchev–Trinajstić information content (AvgIpc) is 3.17. The quantitative estimate of drug-likeness (QED) is 0.640. The molecule has 3 aromatic rings. The molecule has 2 aromatic carbocycles. The number of ketones is 1. The summed E-state index contributed by atoms with van der Waals surface area (Å²) in [6.07, 6.45) is 3.48. The van der Waals surface area contributed by atoms with Crippen molar-refractivity contribution in [2.24, 2.45) is 0 Å². The summed E-state index contributed by atoms with van der Waals surface area (Å²) in [4.78, 5) is 12.8. The Balaban J connectivity index is 1.92. The fourth-order valence-corrected chi connectivity index (χ4v) is 3.09. The van der Waals surface area contributed by atoms with Crippen molar-refractivity contribution in [3.63, 3.8) is 0 Å². The van der Waals surface area contributed by atoms with E-state index in [9.17, 15) is 4.79 Å². The molecule has 0 radical (unpaired) electrons. The van der Waals surface area contributed by atoms with Crippen molar-refractivity contribution < 1.29 is 9.21 Å². The number of carbonyl (C=O) groups excluding carboxylic acids is 1. The molecule has 0 bridgehead atoms. The van der Waals surface area contributed by atoms with Crippen LogP contribution in [0.25, 0.3) is 6.08 Å². The Morgan fingerprint density at radius 2 is 1.64 bits per heavy atom. The summed E-state index contributed by atoms with van der Waals surface area (Å²) in [6.45, 7) is 0. The molecule has 0 amide bonds. The van der Waals surface area contributed by atoms with E-state index in [1.807, 2.05) is 60.7 Å². The van der Waals surface area contributed by atoms with Gasteiger partial charge in [0.05, 0.1) is 6.26 Å². The van der Waals surface area contributed by atoms with Gasteiger partial charge in [0.2, 0.25) is 0 Å². The van der Waals surface area contributed by atoms with Crippen LogP contribution >= 0.6 is 0 Å². The van der Waals surface area contributed by atoms with E-state index in [0.29, 0.717) is 5.76 Å². The van der Waals surface area contributed by atoms with Gasteiger partial charge in [-0.05, 0) is 29.3 Å². The van der Waals surface area contributed by atoms with Crippen molar-refractivity contribution >= 4 is 11.9 Å². The van der Waals surface area contributed by atoms with Gasteiger partial charge >= 0.3 is 0 Å². The molecule has 22 heavy (non-hydrogen) atoms. The second kappa shape index (κ2) is 5.15. The second-order valence-electron chi connectivity index (χ2n) is 5.38. The van der Waals surface area contributed by atoms with Crippen LogP contribution in [-0.2, 0) is 0 Å². The molecule has 0 saturated carbocycles. The van der Waals surface area contributed by atoms with E-state index in [4.69, 9.17) is 4.42 Å². The maximum absolute atomic E-state index is 12.8. The fourth-order valence-electron chi connectivity index (χ4n) is 3.09. The van der Waals surface area contributed by atoms with Crippen LogP contribution in [0.2, 0.25) is 0 Å². The molecule has 4 rings (SSSR count). The first kappa shape index (κ1) is 12.8. The minimum atomic E-state index is -0.0324. The number of furan rings is 1. The predicted octanol–water partition coefficient (Wildman–Crippen LogP) is 4.69.